The summed E-state index contributed by atoms with van der Waals surface area (Å²) in [5, 5.41) is 0.955. The van der Waals surface area contributed by atoms with E-state index in [4.69, 9.17) is 14.2 Å². The Morgan fingerprint density at radius 1 is 1.11 bits per heavy atom. The summed E-state index contributed by atoms with van der Waals surface area (Å²) in [4.78, 5) is 12.5. The van der Waals surface area contributed by atoms with Crippen molar-refractivity contribution in [2.75, 3.05) is 14.2 Å². The van der Waals surface area contributed by atoms with Crippen molar-refractivity contribution < 1.29 is 19.0 Å². The summed E-state index contributed by atoms with van der Waals surface area (Å²) in [5.41, 5.74) is 1.23. The Morgan fingerprint density at radius 3 is 2.41 bits per heavy atom. The number of hydrogen-bond acceptors (Lipinski definition) is 4. The van der Waals surface area contributed by atoms with Crippen molar-refractivity contribution in [3.63, 3.8) is 0 Å². The van der Waals surface area contributed by atoms with E-state index in [0.29, 0.717) is 17.1 Å². The van der Waals surface area contributed by atoms with Crippen molar-refractivity contribution in [2.45, 2.75) is 59.1 Å². The Morgan fingerprint density at radius 2 is 1.81 bits per heavy atom. The number of carbonyl (C=O) groups is 1. The molecule has 0 atom stereocenters. The normalized spacial score (nSPS) is 20.5. The number of rotatable bonds is 5. The van der Waals surface area contributed by atoms with Crippen LogP contribution in [0.4, 0.5) is 0 Å². The summed E-state index contributed by atoms with van der Waals surface area (Å²) < 4.78 is 18.4. The van der Waals surface area contributed by atoms with Crippen LogP contribution in [0.15, 0.2) is 24.4 Å². The predicted octanol–water partition coefficient (Wildman–Crippen LogP) is 4.81. The van der Waals surface area contributed by atoms with E-state index < -0.39 is 0 Å². The lowest BCUT2D eigenvalue weighted by Crippen LogP contribution is -2.31. The molecule has 0 saturated heterocycles. The van der Waals surface area contributed by atoms with Gasteiger partial charge in [0.15, 0.2) is 0 Å². The number of ether oxygens (including phenoxy) is 3. The zero-order valence-corrected chi connectivity index (χ0v) is 17.1. The maximum atomic E-state index is 12.5. The number of aromatic nitrogens is 1. The maximum absolute atomic E-state index is 12.5. The summed E-state index contributed by atoms with van der Waals surface area (Å²) >= 11 is 0. The number of benzene rings is 1. The van der Waals surface area contributed by atoms with E-state index in [1.807, 2.05) is 29.0 Å². The summed E-state index contributed by atoms with van der Waals surface area (Å²) in [6, 6.07) is 5.72. The van der Waals surface area contributed by atoms with E-state index in [0.717, 1.165) is 42.3 Å². The zero-order chi connectivity index (χ0) is 19.6. The predicted molar refractivity (Wildman–Crippen MR) is 106 cm³/mol. The van der Waals surface area contributed by atoms with E-state index in [2.05, 4.69) is 20.8 Å². The van der Waals surface area contributed by atoms with Gasteiger partial charge in [0.2, 0.25) is 0 Å². The van der Waals surface area contributed by atoms with E-state index in [-0.39, 0.29) is 18.6 Å². The Balaban J connectivity index is 1.65. The summed E-state index contributed by atoms with van der Waals surface area (Å²) in [5.74, 6) is 1.96. The Hall–Kier alpha value is -2.17. The van der Waals surface area contributed by atoms with Gasteiger partial charge in [-0.2, -0.15) is 0 Å². The molecule has 0 bridgehead atoms. The second-order valence-corrected chi connectivity index (χ2v) is 8.54. The first kappa shape index (κ1) is 19.6. The van der Waals surface area contributed by atoms with Gasteiger partial charge in [-0.25, -0.2) is 0 Å². The minimum atomic E-state index is -0.187. The van der Waals surface area contributed by atoms with Gasteiger partial charge in [0.25, 0.3) is 0 Å². The van der Waals surface area contributed by atoms with Crippen LogP contribution in [0, 0.1) is 11.3 Å². The van der Waals surface area contributed by atoms with Crippen LogP contribution < -0.4 is 9.47 Å². The molecule has 0 N–H and O–H groups in total. The van der Waals surface area contributed by atoms with Gasteiger partial charge >= 0.3 is 5.97 Å². The number of fused-ring (bicyclic) bond motifs is 1. The molecule has 0 unspecified atom stereocenters. The maximum Gasteiger partial charge on any atom is 0.326 e. The molecule has 1 aromatic heterocycles. The van der Waals surface area contributed by atoms with Crippen LogP contribution in [0.2, 0.25) is 0 Å². The second kappa shape index (κ2) is 7.83. The average molecular weight is 373 g/mol. The highest BCUT2D eigenvalue weighted by Crippen LogP contribution is 2.38. The van der Waals surface area contributed by atoms with Gasteiger partial charge in [-0.05, 0) is 43.1 Å². The highest BCUT2D eigenvalue weighted by Gasteiger charge is 2.31. The van der Waals surface area contributed by atoms with Crippen molar-refractivity contribution in [3.8, 4) is 11.5 Å². The third kappa shape index (κ3) is 4.40. The third-order valence-corrected chi connectivity index (χ3v) is 5.78. The molecule has 1 aliphatic carbocycles. The minimum Gasteiger partial charge on any atom is -0.497 e. The fourth-order valence-corrected chi connectivity index (χ4v) is 4.07. The van der Waals surface area contributed by atoms with Crippen LogP contribution in [0.3, 0.4) is 0 Å². The van der Waals surface area contributed by atoms with Gasteiger partial charge in [-0.3, -0.25) is 4.79 Å². The fraction of sp³-hybridized carbons (Fsp3) is 0.591. The molecule has 1 heterocycles. The van der Waals surface area contributed by atoms with Crippen LogP contribution in [-0.2, 0) is 16.1 Å². The minimum absolute atomic E-state index is 0.0435. The average Bonchev–Trinajstić information content (AvgIpc) is 3.03. The zero-order valence-electron chi connectivity index (χ0n) is 17.1. The van der Waals surface area contributed by atoms with Gasteiger partial charge in [0.05, 0.1) is 19.7 Å². The smallest absolute Gasteiger partial charge is 0.326 e. The first-order valence-corrected chi connectivity index (χ1v) is 9.72. The molecule has 2 aromatic rings. The molecule has 0 radical (unpaired) electrons. The first-order chi connectivity index (χ1) is 12.8. The van der Waals surface area contributed by atoms with Crippen molar-refractivity contribution in [1.29, 1.82) is 0 Å². The largest absolute Gasteiger partial charge is 0.497 e. The van der Waals surface area contributed by atoms with Crippen LogP contribution >= 0.6 is 0 Å². The SMILES string of the molecule is COc1cc(OC)c2ccn(CC(=O)OC3CCC(C(C)(C)C)CC3)c2c1. The summed E-state index contributed by atoms with van der Waals surface area (Å²) in [6.07, 6.45) is 6.11. The van der Waals surface area contributed by atoms with Gasteiger partial charge in [-0.15, -0.1) is 0 Å². The van der Waals surface area contributed by atoms with E-state index in [1.54, 1.807) is 14.2 Å². The number of carbonyl (C=O) groups excluding carboxylic acids is 1. The highest BCUT2D eigenvalue weighted by molar-refractivity contribution is 5.89. The van der Waals surface area contributed by atoms with Crippen molar-refractivity contribution in [1.82, 2.24) is 4.57 Å². The molecule has 0 aliphatic heterocycles. The van der Waals surface area contributed by atoms with Crippen molar-refractivity contribution in [2.24, 2.45) is 11.3 Å². The lowest BCUT2D eigenvalue weighted by atomic mass is 9.72. The standard InChI is InChI=1S/C22H31NO4/c1-22(2,3)15-6-8-16(9-7-15)27-21(24)14-23-11-10-18-19(23)12-17(25-4)13-20(18)26-5/h10-13,15-16H,6-9,14H2,1-5H3. The van der Waals surface area contributed by atoms with E-state index in [1.165, 1.54) is 0 Å². The van der Waals surface area contributed by atoms with Crippen LogP contribution in [0.5, 0.6) is 11.5 Å². The topological polar surface area (TPSA) is 49.7 Å². The molecule has 0 amide bonds. The van der Waals surface area contributed by atoms with E-state index >= 15 is 0 Å². The molecule has 5 nitrogen and oxygen atoms in total. The molecule has 27 heavy (non-hydrogen) atoms. The summed E-state index contributed by atoms with van der Waals surface area (Å²) in [7, 11) is 3.25. The molecule has 1 saturated carbocycles. The second-order valence-electron chi connectivity index (χ2n) is 8.54. The number of methoxy groups -OCH3 is 2. The molecular weight excluding hydrogens is 342 g/mol. The lowest BCUT2D eigenvalue weighted by molar-refractivity contribution is -0.152. The first-order valence-electron chi connectivity index (χ1n) is 9.72. The number of nitrogens with zero attached hydrogens (tertiary/aromatic N) is 1. The van der Waals surface area contributed by atoms with Gasteiger partial charge in [0, 0.05) is 23.7 Å². The lowest BCUT2D eigenvalue weighted by Gasteiger charge is -2.36. The monoisotopic (exact) mass is 373 g/mol. The molecular formula is C22H31NO4. The van der Waals surface area contributed by atoms with Gasteiger partial charge in [0.1, 0.15) is 24.1 Å². The number of hydrogen-bond donors (Lipinski definition) is 0. The molecule has 1 fully saturated rings. The quantitative estimate of drug-likeness (QED) is 0.706. The summed E-state index contributed by atoms with van der Waals surface area (Å²) in [6.45, 7) is 7.08. The fourth-order valence-electron chi connectivity index (χ4n) is 4.07. The molecule has 0 spiro atoms. The van der Waals surface area contributed by atoms with Crippen molar-refractivity contribution >= 4 is 16.9 Å². The van der Waals surface area contributed by atoms with Crippen LogP contribution in [0.25, 0.3) is 10.9 Å². The van der Waals surface area contributed by atoms with E-state index in [9.17, 15) is 4.79 Å². The Bertz CT molecular complexity index is 794. The molecule has 3 rings (SSSR count). The van der Waals surface area contributed by atoms with Gasteiger partial charge < -0.3 is 18.8 Å². The number of esters is 1. The van der Waals surface area contributed by atoms with Crippen molar-refractivity contribution in [3.05, 3.63) is 24.4 Å². The Kier molecular flexibility index (Phi) is 5.68. The molecule has 148 valence electrons. The van der Waals surface area contributed by atoms with Gasteiger partial charge in [-0.1, -0.05) is 20.8 Å². The third-order valence-electron chi connectivity index (χ3n) is 5.78. The molecule has 1 aromatic carbocycles. The Labute approximate surface area is 161 Å². The molecule has 5 heteroatoms. The molecule has 1 aliphatic rings. The van der Waals surface area contributed by atoms with Crippen LogP contribution in [0.1, 0.15) is 46.5 Å². The highest BCUT2D eigenvalue weighted by atomic mass is 16.5. The van der Waals surface area contributed by atoms with Crippen LogP contribution in [-0.4, -0.2) is 30.9 Å².